The van der Waals surface area contributed by atoms with Gasteiger partial charge in [-0.2, -0.15) is 0 Å². The highest BCUT2D eigenvalue weighted by Crippen LogP contribution is 2.47. The van der Waals surface area contributed by atoms with E-state index < -0.39 is 47.0 Å². The number of fused-ring (bicyclic) bond motifs is 8. The fourth-order valence-electron chi connectivity index (χ4n) is 9.52. The Morgan fingerprint density at radius 3 is 2.50 bits per heavy atom. The van der Waals surface area contributed by atoms with E-state index in [1.165, 1.54) is 10.6 Å². The number of halogens is 1. The molecule has 3 atom stereocenters. The number of aryl methyl sites for hydroxylation is 1. The lowest BCUT2D eigenvalue weighted by molar-refractivity contribution is -0.172. The summed E-state index contributed by atoms with van der Waals surface area (Å²) in [5.41, 5.74) is 11.9. The average Bonchev–Trinajstić information content (AvgIpc) is 3.76. The van der Waals surface area contributed by atoms with Crippen molar-refractivity contribution in [3.05, 3.63) is 121 Å². The molecule has 12 nitrogen and oxygen atoms in total. The maximum absolute atomic E-state index is 15.5. The Kier molecular flexibility index (Phi) is 9.39. The summed E-state index contributed by atoms with van der Waals surface area (Å²) >= 11 is 0. The first-order valence-corrected chi connectivity index (χ1v) is 20.0. The quantitative estimate of drug-likeness (QED) is 0.101. The van der Waals surface area contributed by atoms with Crippen molar-refractivity contribution in [3.8, 4) is 22.5 Å². The second kappa shape index (κ2) is 14.5. The Morgan fingerprint density at radius 2 is 1.79 bits per heavy atom. The highest BCUT2D eigenvalue weighted by molar-refractivity contribution is 5.94. The maximum Gasteiger partial charge on any atom is 0.407 e. The molecule has 4 aliphatic rings. The summed E-state index contributed by atoms with van der Waals surface area (Å²) in [5, 5.41) is 18.2. The van der Waals surface area contributed by atoms with Crippen LogP contribution in [0.2, 0.25) is 0 Å². The van der Waals surface area contributed by atoms with Gasteiger partial charge in [-0.25, -0.2) is 19.0 Å². The summed E-state index contributed by atoms with van der Waals surface area (Å²) in [6.07, 6.45) is 1.71. The highest BCUT2D eigenvalue weighted by atomic mass is 19.1. The summed E-state index contributed by atoms with van der Waals surface area (Å²) < 4.78 is 28.1. The van der Waals surface area contributed by atoms with E-state index in [9.17, 15) is 24.3 Å². The van der Waals surface area contributed by atoms with Crippen molar-refractivity contribution in [1.82, 2.24) is 20.2 Å². The van der Waals surface area contributed by atoms with E-state index in [0.717, 1.165) is 33.4 Å². The third-order valence-corrected chi connectivity index (χ3v) is 12.6. The molecule has 0 fully saturated rings. The fraction of sp³-hybridized carbons (Fsp3) is 0.356. The van der Waals surface area contributed by atoms with Gasteiger partial charge in [0.05, 0.1) is 35.1 Å². The Bertz CT molecular complexity index is 2580. The van der Waals surface area contributed by atoms with Gasteiger partial charge in [-0.1, -0.05) is 55.5 Å². The van der Waals surface area contributed by atoms with Crippen LogP contribution in [0.4, 0.5) is 9.18 Å². The van der Waals surface area contributed by atoms with E-state index in [4.69, 9.17) is 20.2 Å². The number of nitrogens with zero attached hydrogens (tertiary/aromatic N) is 2. The van der Waals surface area contributed by atoms with Crippen molar-refractivity contribution in [1.29, 1.82) is 0 Å². The number of esters is 1. The molecule has 5 N–H and O–H groups in total. The van der Waals surface area contributed by atoms with Crippen LogP contribution in [0.1, 0.15) is 95.5 Å². The molecule has 5 aromatic rings. The number of nitrogens with two attached hydrogens (primary N) is 1. The number of carbonyl (C=O) groups excluding carboxylic acids is 3. The molecule has 3 aromatic carbocycles. The molecular weight excluding hydrogens is 742 g/mol. The first-order chi connectivity index (χ1) is 28.0. The number of hydrogen-bond donors (Lipinski definition) is 4. The molecule has 0 unspecified atom stereocenters. The van der Waals surface area contributed by atoms with Crippen LogP contribution in [-0.4, -0.2) is 51.8 Å². The zero-order chi connectivity index (χ0) is 40.5. The molecule has 0 spiro atoms. The molecule has 2 amide bonds. The normalized spacial score (nSPS) is 19.1. The second-order valence-corrected chi connectivity index (χ2v) is 15.7. The van der Waals surface area contributed by atoms with Crippen LogP contribution in [0, 0.1) is 12.7 Å². The number of nitrogens with one attached hydrogen (secondary N) is 2. The molecule has 0 saturated heterocycles. The lowest BCUT2D eigenvalue weighted by Gasteiger charge is -2.31. The molecule has 298 valence electrons. The standard InChI is InChI=1S/C45H44FN5O7/c1-3-45(56)32-18-37-40-29(20-51(37)42(53)31(32)22-57-43(45)54)39-34(16-15-24-23(2)33(46)19-36(48-40)38(24)39)49-41(52)35(14-8-9-17-47)50-44(55)58-21-30-27-12-6-4-10-25(27)26-11-5-7-13-28(26)30/h4-7,10-13,18-19,30,34-35,56H,3,8-9,14-17,20-22,47H2,1-2H3,(H,49,52)(H,50,55)/t34-,35-,45-/m0/s1. The summed E-state index contributed by atoms with van der Waals surface area (Å²) in [5.74, 6) is -1.81. The predicted molar refractivity (Wildman–Crippen MR) is 213 cm³/mol. The fourth-order valence-corrected chi connectivity index (χ4v) is 9.52. The van der Waals surface area contributed by atoms with Crippen LogP contribution in [0.3, 0.4) is 0 Å². The van der Waals surface area contributed by atoms with Gasteiger partial charge >= 0.3 is 12.1 Å². The summed E-state index contributed by atoms with van der Waals surface area (Å²) in [7, 11) is 0. The van der Waals surface area contributed by atoms with Crippen LogP contribution in [-0.2, 0) is 44.2 Å². The van der Waals surface area contributed by atoms with E-state index in [0.29, 0.717) is 72.1 Å². The van der Waals surface area contributed by atoms with E-state index in [2.05, 4.69) is 22.8 Å². The predicted octanol–water partition coefficient (Wildman–Crippen LogP) is 5.67. The van der Waals surface area contributed by atoms with Crippen molar-refractivity contribution in [2.75, 3.05) is 13.2 Å². The topological polar surface area (TPSA) is 175 Å². The maximum atomic E-state index is 15.5. The zero-order valence-corrected chi connectivity index (χ0v) is 32.3. The van der Waals surface area contributed by atoms with Crippen LogP contribution in [0.25, 0.3) is 33.4 Å². The van der Waals surface area contributed by atoms with E-state index in [1.807, 2.05) is 36.4 Å². The number of pyridine rings is 2. The monoisotopic (exact) mass is 785 g/mol. The van der Waals surface area contributed by atoms with Crippen molar-refractivity contribution in [2.24, 2.45) is 5.73 Å². The van der Waals surface area contributed by atoms with Crippen LogP contribution < -0.4 is 21.9 Å². The number of cyclic esters (lactones) is 1. The smallest absolute Gasteiger partial charge is 0.407 e. The molecule has 13 heteroatoms. The van der Waals surface area contributed by atoms with E-state index in [-0.39, 0.29) is 43.2 Å². The number of unbranched alkanes of at least 4 members (excludes halogenated alkanes) is 1. The van der Waals surface area contributed by atoms with Crippen molar-refractivity contribution in [3.63, 3.8) is 0 Å². The third-order valence-electron chi connectivity index (χ3n) is 12.6. The molecule has 0 bridgehead atoms. The molecule has 2 aromatic heterocycles. The number of ether oxygens (including phenoxy) is 2. The number of aromatic nitrogens is 2. The van der Waals surface area contributed by atoms with Gasteiger partial charge in [0.1, 0.15) is 25.1 Å². The number of carbonyl (C=O) groups is 3. The van der Waals surface area contributed by atoms with Crippen LogP contribution >= 0.6 is 0 Å². The molecular formula is C45H44FN5O7. The van der Waals surface area contributed by atoms with Gasteiger partial charge in [0.2, 0.25) is 5.91 Å². The van der Waals surface area contributed by atoms with Crippen molar-refractivity contribution >= 4 is 28.9 Å². The van der Waals surface area contributed by atoms with Gasteiger partial charge in [-0.05, 0) is 97.0 Å². The molecule has 2 aliphatic heterocycles. The number of amides is 2. The largest absolute Gasteiger partial charge is 0.458 e. The molecule has 58 heavy (non-hydrogen) atoms. The second-order valence-electron chi connectivity index (χ2n) is 15.7. The summed E-state index contributed by atoms with van der Waals surface area (Å²) in [6.45, 7) is 3.71. The zero-order valence-electron chi connectivity index (χ0n) is 32.3. The summed E-state index contributed by atoms with van der Waals surface area (Å²) in [6, 6.07) is 17.6. The molecule has 0 saturated carbocycles. The number of alkyl carbamates (subject to hydrolysis) is 1. The summed E-state index contributed by atoms with van der Waals surface area (Å²) in [4.78, 5) is 59.6. The minimum atomic E-state index is -2.01. The molecule has 2 aliphatic carbocycles. The van der Waals surface area contributed by atoms with E-state index >= 15 is 4.39 Å². The Labute approximate surface area is 333 Å². The van der Waals surface area contributed by atoms with Gasteiger partial charge in [0.15, 0.2) is 5.60 Å². The number of aliphatic hydroxyl groups is 1. The van der Waals surface area contributed by atoms with E-state index in [1.54, 1.807) is 19.9 Å². The van der Waals surface area contributed by atoms with Gasteiger partial charge in [0.25, 0.3) is 5.56 Å². The number of benzene rings is 3. The SMILES string of the molecule is CC[C@@]1(O)C(=O)OCc2c1cc1n(c2=O)Cc2c-1nc1cc(F)c(C)c3c1c2[C@@H](NC(=O)[C@H](CCCCN)NC(=O)OCC1c2ccccc2-c2ccccc21)CC3. The van der Waals surface area contributed by atoms with Crippen molar-refractivity contribution < 1.29 is 33.4 Å². The first-order valence-electron chi connectivity index (χ1n) is 20.0. The van der Waals surface area contributed by atoms with Gasteiger partial charge < -0.3 is 35.5 Å². The van der Waals surface area contributed by atoms with Crippen LogP contribution in [0.15, 0.2) is 65.5 Å². The van der Waals surface area contributed by atoms with Gasteiger partial charge in [-0.15, -0.1) is 0 Å². The lowest BCUT2D eigenvalue weighted by Crippen LogP contribution is -2.48. The Hall–Kier alpha value is -5.92. The first kappa shape index (κ1) is 37.6. The highest BCUT2D eigenvalue weighted by Gasteiger charge is 2.46. The number of rotatable bonds is 10. The molecule has 9 rings (SSSR count). The minimum Gasteiger partial charge on any atom is -0.458 e. The number of hydrogen-bond acceptors (Lipinski definition) is 9. The molecule has 0 radical (unpaired) electrons. The molecule has 4 heterocycles. The minimum absolute atomic E-state index is 0.0105. The Balaban J connectivity index is 1.03. The van der Waals surface area contributed by atoms with Gasteiger partial charge in [-0.3, -0.25) is 9.59 Å². The lowest BCUT2D eigenvalue weighted by atomic mass is 9.81. The van der Waals surface area contributed by atoms with Crippen LogP contribution in [0.5, 0.6) is 0 Å². The Morgan fingerprint density at radius 1 is 1.07 bits per heavy atom. The van der Waals surface area contributed by atoms with Crippen molar-refractivity contribution in [2.45, 2.75) is 89.1 Å². The van der Waals surface area contributed by atoms with Gasteiger partial charge in [0, 0.05) is 28.5 Å². The third kappa shape index (κ3) is 5.89. The average molecular weight is 786 g/mol.